The molecule has 1 rings (SSSR count). The highest BCUT2D eigenvalue weighted by molar-refractivity contribution is 5.28. The second-order valence-corrected chi connectivity index (χ2v) is 7.29. The summed E-state index contributed by atoms with van der Waals surface area (Å²) < 4.78 is 38.8. The molecule has 0 fully saturated rings. The van der Waals surface area contributed by atoms with Gasteiger partial charge in [-0.2, -0.15) is 13.2 Å². The maximum Gasteiger partial charge on any atom is 0.416 e. The van der Waals surface area contributed by atoms with E-state index in [2.05, 4.69) is 34.6 Å². The first kappa shape index (κ1) is 17.0. The van der Waals surface area contributed by atoms with E-state index in [9.17, 15) is 13.2 Å². The van der Waals surface area contributed by atoms with Crippen LogP contribution >= 0.6 is 0 Å². The summed E-state index contributed by atoms with van der Waals surface area (Å²) in [6, 6.07) is 5.81. The van der Waals surface area contributed by atoms with Crippen LogP contribution in [0.25, 0.3) is 0 Å². The Balaban J connectivity index is 2.81. The average molecular weight is 288 g/mol. The van der Waals surface area contributed by atoms with Crippen molar-refractivity contribution in [3.63, 3.8) is 0 Å². The van der Waals surface area contributed by atoms with E-state index < -0.39 is 11.7 Å². The minimum Gasteiger partial charge on any atom is -0.338 e. The van der Waals surface area contributed by atoms with Crippen LogP contribution in [0.1, 0.15) is 52.2 Å². The van der Waals surface area contributed by atoms with Gasteiger partial charge >= 0.3 is 6.18 Å². The van der Waals surface area contributed by atoms with Crippen molar-refractivity contribution >= 4 is 0 Å². The number of nitrogens with two attached hydrogens (primary N) is 1. The summed E-state index contributed by atoms with van der Waals surface area (Å²) in [5.41, 5.74) is -0.106. The Morgan fingerprint density at radius 3 is 2.00 bits per heavy atom. The maximum atomic E-state index is 12.9. The molecule has 0 amide bonds. The van der Waals surface area contributed by atoms with Crippen molar-refractivity contribution in [1.82, 2.24) is 0 Å². The number of hydrogen-bond donors (Lipinski definition) is 1. The zero-order valence-electron chi connectivity index (χ0n) is 12.9. The predicted molar refractivity (Wildman–Crippen MR) is 75.2 cm³/mol. The topological polar surface area (TPSA) is 16.6 Å². The molecule has 1 aromatic carbocycles. The summed E-state index contributed by atoms with van der Waals surface area (Å²) in [7, 11) is 0. The number of quaternary nitrogens is 1. The maximum absolute atomic E-state index is 12.9. The second-order valence-electron chi connectivity index (χ2n) is 7.29. The Labute approximate surface area is 119 Å². The molecular weight excluding hydrogens is 263 g/mol. The molecule has 0 aliphatic carbocycles. The van der Waals surface area contributed by atoms with Crippen molar-refractivity contribution in [3.8, 4) is 0 Å². The Bertz CT molecular complexity index is 442. The summed E-state index contributed by atoms with van der Waals surface area (Å²) in [6.07, 6.45) is -3.34. The molecule has 0 bridgehead atoms. The van der Waals surface area contributed by atoms with Gasteiger partial charge in [-0.25, -0.2) is 0 Å². The minimum atomic E-state index is -4.28. The summed E-state index contributed by atoms with van der Waals surface area (Å²) >= 11 is 0. The van der Waals surface area contributed by atoms with E-state index in [1.165, 1.54) is 6.07 Å². The molecule has 2 N–H and O–H groups in total. The standard InChI is InChI=1S/C16H24F3N/c1-14(2,3)11-15(4,5)20-10-12-8-6-7-9-13(12)16(17,18)19/h6-9,20H,10-11H2,1-5H3/p+1. The summed E-state index contributed by atoms with van der Waals surface area (Å²) in [5, 5.41) is 2.00. The highest BCUT2D eigenvalue weighted by Crippen LogP contribution is 2.31. The van der Waals surface area contributed by atoms with E-state index in [-0.39, 0.29) is 11.0 Å². The molecule has 0 heterocycles. The Hall–Kier alpha value is -1.03. The molecule has 0 aliphatic heterocycles. The van der Waals surface area contributed by atoms with Crippen molar-refractivity contribution < 1.29 is 18.5 Å². The first-order valence-electron chi connectivity index (χ1n) is 6.90. The fraction of sp³-hybridized carbons (Fsp3) is 0.625. The Kier molecular flexibility index (Phi) is 4.90. The fourth-order valence-corrected chi connectivity index (χ4v) is 2.80. The summed E-state index contributed by atoms with van der Waals surface area (Å²) in [6.45, 7) is 10.9. The van der Waals surface area contributed by atoms with Crippen molar-refractivity contribution in [2.24, 2.45) is 5.41 Å². The third-order valence-corrected chi connectivity index (χ3v) is 3.18. The first-order valence-corrected chi connectivity index (χ1v) is 6.90. The molecule has 0 aromatic heterocycles. The fourth-order valence-electron chi connectivity index (χ4n) is 2.80. The molecule has 0 saturated carbocycles. The zero-order chi connectivity index (χ0) is 15.6. The van der Waals surface area contributed by atoms with Crippen molar-refractivity contribution in [2.75, 3.05) is 0 Å². The molecule has 0 atom stereocenters. The molecule has 1 aromatic rings. The lowest BCUT2D eigenvalue weighted by Gasteiger charge is -2.30. The van der Waals surface area contributed by atoms with Gasteiger partial charge in [0.2, 0.25) is 0 Å². The van der Waals surface area contributed by atoms with Gasteiger partial charge in [-0.05, 0) is 25.3 Å². The number of hydrogen-bond acceptors (Lipinski definition) is 0. The van der Waals surface area contributed by atoms with E-state index >= 15 is 0 Å². The van der Waals surface area contributed by atoms with Gasteiger partial charge in [-0.3, -0.25) is 0 Å². The van der Waals surface area contributed by atoms with Gasteiger partial charge in [-0.1, -0.05) is 39.0 Å². The highest BCUT2D eigenvalue weighted by atomic mass is 19.4. The number of benzene rings is 1. The molecule has 0 aliphatic rings. The van der Waals surface area contributed by atoms with Crippen LogP contribution in [0.15, 0.2) is 24.3 Å². The van der Waals surface area contributed by atoms with Crippen LogP contribution in [-0.4, -0.2) is 5.54 Å². The van der Waals surface area contributed by atoms with Crippen molar-refractivity contribution in [1.29, 1.82) is 0 Å². The van der Waals surface area contributed by atoms with Crippen LogP contribution in [0, 0.1) is 5.41 Å². The SMILES string of the molecule is CC(C)(C)CC(C)(C)[NH2+]Cc1ccccc1C(F)(F)F. The molecular formula is C16H25F3N+. The highest BCUT2D eigenvalue weighted by Gasteiger charge is 2.34. The monoisotopic (exact) mass is 288 g/mol. The van der Waals surface area contributed by atoms with Gasteiger partial charge in [0.1, 0.15) is 6.54 Å². The largest absolute Gasteiger partial charge is 0.416 e. The second kappa shape index (κ2) is 5.76. The number of alkyl halides is 3. The quantitative estimate of drug-likeness (QED) is 0.863. The molecule has 0 radical (unpaired) electrons. The lowest BCUT2D eigenvalue weighted by atomic mass is 9.81. The van der Waals surface area contributed by atoms with Gasteiger partial charge in [0.05, 0.1) is 11.1 Å². The molecule has 0 unspecified atom stereocenters. The molecule has 114 valence electrons. The van der Waals surface area contributed by atoms with Crippen molar-refractivity contribution in [3.05, 3.63) is 35.4 Å². The van der Waals surface area contributed by atoms with E-state index in [0.717, 1.165) is 12.5 Å². The summed E-state index contributed by atoms with van der Waals surface area (Å²) in [5.74, 6) is 0. The number of halogens is 3. The van der Waals surface area contributed by atoms with Crippen LogP contribution in [0.3, 0.4) is 0 Å². The number of rotatable bonds is 4. The van der Waals surface area contributed by atoms with E-state index in [1.807, 2.05) is 5.32 Å². The van der Waals surface area contributed by atoms with E-state index in [4.69, 9.17) is 0 Å². The lowest BCUT2D eigenvalue weighted by Crippen LogP contribution is -2.94. The average Bonchev–Trinajstić information content (AvgIpc) is 2.22. The Morgan fingerprint density at radius 2 is 1.50 bits per heavy atom. The Morgan fingerprint density at radius 1 is 0.950 bits per heavy atom. The van der Waals surface area contributed by atoms with Crippen molar-refractivity contribution in [2.45, 2.75) is 59.3 Å². The normalized spacial score (nSPS) is 13.6. The third kappa shape index (κ3) is 5.53. The predicted octanol–water partition coefficient (Wildman–Crippen LogP) is 3.98. The van der Waals surface area contributed by atoms with Crippen LogP contribution in [-0.2, 0) is 12.7 Å². The zero-order valence-corrected chi connectivity index (χ0v) is 12.9. The molecule has 0 spiro atoms. The molecule has 0 saturated heterocycles. The van der Waals surface area contributed by atoms with Crippen LogP contribution in [0.2, 0.25) is 0 Å². The van der Waals surface area contributed by atoms with Crippen LogP contribution < -0.4 is 5.32 Å². The van der Waals surface area contributed by atoms with Gasteiger partial charge in [0.15, 0.2) is 0 Å². The van der Waals surface area contributed by atoms with Crippen LogP contribution in [0.4, 0.5) is 13.2 Å². The molecule has 4 heteroatoms. The molecule has 1 nitrogen and oxygen atoms in total. The summed E-state index contributed by atoms with van der Waals surface area (Å²) in [4.78, 5) is 0. The van der Waals surface area contributed by atoms with Gasteiger partial charge in [-0.15, -0.1) is 0 Å². The smallest absolute Gasteiger partial charge is 0.338 e. The van der Waals surface area contributed by atoms with Gasteiger partial charge in [0, 0.05) is 12.0 Å². The molecule has 20 heavy (non-hydrogen) atoms. The van der Waals surface area contributed by atoms with Crippen LogP contribution in [0.5, 0.6) is 0 Å². The van der Waals surface area contributed by atoms with E-state index in [1.54, 1.807) is 12.1 Å². The minimum absolute atomic E-state index is 0.0863. The van der Waals surface area contributed by atoms with E-state index in [0.29, 0.717) is 12.1 Å². The lowest BCUT2D eigenvalue weighted by molar-refractivity contribution is -0.737. The third-order valence-electron chi connectivity index (χ3n) is 3.18. The van der Waals surface area contributed by atoms with Gasteiger partial charge in [0.25, 0.3) is 0 Å². The van der Waals surface area contributed by atoms with Gasteiger partial charge < -0.3 is 5.32 Å². The first-order chi connectivity index (χ1) is 8.91.